The van der Waals surface area contributed by atoms with Gasteiger partial charge in [0.05, 0.1) is 5.38 Å². The molecule has 6 rings (SSSR count). The van der Waals surface area contributed by atoms with Crippen LogP contribution in [0.15, 0.2) is 71.1 Å². The smallest absolute Gasteiger partial charge is 0.146 e. The predicted octanol–water partition coefficient (Wildman–Crippen LogP) is 15.9. The summed E-state index contributed by atoms with van der Waals surface area (Å²) in [6.07, 6.45) is 0. The Bertz CT molecular complexity index is 2320. The zero-order valence-electron chi connectivity index (χ0n) is 37.3. The molecule has 294 valence electrons. The Balaban J connectivity index is 1.83. The summed E-state index contributed by atoms with van der Waals surface area (Å²) >= 11 is 0. The molecule has 0 fully saturated rings. The van der Waals surface area contributed by atoms with E-state index < -0.39 is 24.2 Å². The van der Waals surface area contributed by atoms with Crippen LogP contribution in [0.3, 0.4) is 0 Å². The Morgan fingerprint density at radius 3 is 1.16 bits per heavy atom. The summed E-state index contributed by atoms with van der Waals surface area (Å²) in [5, 5.41) is 12.3. The lowest BCUT2D eigenvalue weighted by molar-refractivity contribution is 0.645. The van der Waals surface area contributed by atoms with Crippen molar-refractivity contribution in [3.05, 3.63) is 77.9 Å². The summed E-state index contributed by atoms with van der Waals surface area (Å²) in [4.78, 5) is 0. The lowest BCUT2D eigenvalue weighted by Gasteiger charge is -2.38. The Labute approximate surface area is 342 Å². The molecule has 1 aromatic heterocycles. The fourth-order valence-electron chi connectivity index (χ4n) is 11.2. The minimum Gasteiger partial charge on any atom is -0.466 e. The molecule has 0 N–H and O–H groups in total. The Hall–Kier alpha value is -3.55. The first-order valence-corrected chi connectivity index (χ1v) is 29.0. The maximum Gasteiger partial charge on any atom is 0.146 e. The van der Waals surface area contributed by atoms with Gasteiger partial charge in [-0.3, -0.25) is 0 Å². The van der Waals surface area contributed by atoms with Gasteiger partial charge in [-0.1, -0.05) is 158 Å². The molecule has 0 aliphatic heterocycles. The van der Waals surface area contributed by atoms with Gasteiger partial charge in [0.15, 0.2) is 0 Å². The third-order valence-electron chi connectivity index (χ3n) is 14.7. The molecule has 5 aromatic carbocycles. The summed E-state index contributed by atoms with van der Waals surface area (Å²) in [5.41, 5.74) is 14.9. The van der Waals surface area contributed by atoms with Crippen LogP contribution >= 0.6 is 0 Å². The quantitative estimate of drug-likeness (QED) is 0.0765. The van der Waals surface area contributed by atoms with E-state index in [4.69, 9.17) is 4.42 Å². The molecule has 1 heterocycles. The van der Waals surface area contributed by atoms with Crippen LogP contribution in [-0.2, 0) is 0 Å². The summed E-state index contributed by atoms with van der Waals surface area (Å²) in [6, 6.07) is 29.2. The fourth-order valence-corrected chi connectivity index (χ4v) is 25.0. The molecule has 0 spiro atoms. The second-order valence-electron chi connectivity index (χ2n) is 18.9. The number of fused-ring (bicyclic) bond motifs is 5. The van der Waals surface area contributed by atoms with Gasteiger partial charge in [-0.15, -0.1) is 11.1 Å². The van der Waals surface area contributed by atoms with Gasteiger partial charge in [0, 0.05) is 16.5 Å². The van der Waals surface area contributed by atoms with Crippen LogP contribution in [0.5, 0.6) is 0 Å². The van der Waals surface area contributed by atoms with Crippen LogP contribution in [0, 0.1) is 22.9 Å². The highest BCUT2D eigenvalue weighted by Gasteiger charge is 2.43. The van der Waals surface area contributed by atoms with Gasteiger partial charge >= 0.3 is 0 Å². The van der Waals surface area contributed by atoms with Crippen LogP contribution in [0.1, 0.15) is 115 Å². The van der Waals surface area contributed by atoms with Crippen molar-refractivity contribution < 1.29 is 4.42 Å². The van der Waals surface area contributed by atoms with Crippen LogP contribution in [0.2, 0.25) is 51.4 Å². The molecule has 0 unspecified atom stereocenters. The number of rotatable bonds is 10. The van der Waals surface area contributed by atoms with E-state index in [1.807, 2.05) is 0 Å². The molecule has 0 aliphatic carbocycles. The van der Waals surface area contributed by atoms with Crippen LogP contribution in [0.25, 0.3) is 54.1 Å². The van der Waals surface area contributed by atoms with E-state index in [2.05, 4.69) is 194 Å². The monoisotopic (exact) mass is 792 g/mol. The van der Waals surface area contributed by atoms with Crippen molar-refractivity contribution in [2.45, 2.75) is 155 Å². The van der Waals surface area contributed by atoms with Gasteiger partial charge in [-0.25, -0.2) is 0 Å². The second-order valence-corrected chi connectivity index (χ2v) is 35.2. The van der Waals surface area contributed by atoms with E-state index in [1.165, 1.54) is 72.0 Å². The molecule has 4 heteroatoms. The zero-order chi connectivity index (χ0) is 40.9. The van der Waals surface area contributed by atoms with E-state index in [9.17, 15) is 0 Å². The predicted molar refractivity (Wildman–Crippen MR) is 259 cm³/mol. The van der Waals surface area contributed by atoms with E-state index in [0.717, 1.165) is 16.7 Å². The highest BCUT2D eigenvalue weighted by Crippen LogP contribution is 2.44. The van der Waals surface area contributed by atoms with Gasteiger partial charge < -0.3 is 4.42 Å². The van der Waals surface area contributed by atoms with Crippen LogP contribution in [-0.4, -0.2) is 24.2 Å². The summed E-state index contributed by atoms with van der Waals surface area (Å²) in [6.45, 7) is 36.1. The highest BCUT2D eigenvalue weighted by atomic mass is 28.3. The van der Waals surface area contributed by atoms with Crippen LogP contribution in [0.4, 0.5) is 0 Å². The molecule has 0 saturated carbocycles. The Morgan fingerprint density at radius 2 is 0.804 bits per heavy atom. The minimum absolute atomic E-state index is 0.548. The molecule has 6 aromatic rings. The van der Waals surface area contributed by atoms with Crippen LogP contribution < -0.4 is 5.38 Å². The lowest BCUT2D eigenvalue weighted by atomic mass is 9.89. The maximum atomic E-state index is 6.83. The molecule has 0 aliphatic rings. The SMILES string of the molecule is CC[Si](CC)(CC)c1cc2cc3cc4c(C#C[Si](C(C)C)(C(C)C)C(C)C)c5cc6ccccc6cc5c(C#C[Si](C(C)C)(C(C)C)C(C)C)c4cc3cc2o1. The van der Waals surface area contributed by atoms with E-state index >= 15 is 0 Å². The van der Waals surface area contributed by atoms with Crippen molar-refractivity contribution >= 4 is 83.7 Å². The topological polar surface area (TPSA) is 13.1 Å². The molecule has 0 amide bonds. The zero-order valence-corrected chi connectivity index (χ0v) is 40.3. The van der Waals surface area contributed by atoms with E-state index in [-0.39, 0.29) is 0 Å². The number of furan rings is 1. The first-order chi connectivity index (χ1) is 26.5. The molecular weight excluding hydrogens is 725 g/mol. The lowest BCUT2D eigenvalue weighted by Crippen LogP contribution is -2.44. The largest absolute Gasteiger partial charge is 0.466 e. The fraction of sp³-hybridized carbons (Fsp3) is 0.462. The first kappa shape index (κ1) is 42.1. The van der Waals surface area contributed by atoms with Gasteiger partial charge in [0.1, 0.15) is 29.8 Å². The van der Waals surface area contributed by atoms with Gasteiger partial charge in [0.2, 0.25) is 0 Å². The van der Waals surface area contributed by atoms with Crippen molar-refractivity contribution in [1.82, 2.24) is 0 Å². The second kappa shape index (κ2) is 16.0. The molecule has 0 atom stereocenters. The standard InChI is InChI=1S/C52H68OSi3/c1-16-54(17-2,18-3)52-33-44-27-42-30-49-45(23-25-55(34(4)5,35(6)7)36(8)9)47-28-40-21-19-20-22-41(40)29-48(47)46(50(49)31-43(42)32-51(44)53-52)24-26-56(37(10)11,38(12)13)39(14)15/h19-22,27-39H,16-18H2,1-15H3. The Kier molecular flexibility index (Phi) is 12.0. The van der Waals surface area contributed by atoms with Crippen molar-refractivity contribution in [2.24, 2.45) is 0 Å². The van der Waals surface area contributed by atoms with Crippen molar-refractivity contribution in [3.8, 4) is 22.9 Å². The van der Waals surface area contributed by atoms with Crippen molar-refractivity contribution in [1.29, 1.82) is 0 Å². The van der Waals surface area contributed by atoms with Gasteiger partial charge in [-0.05, 0) is 119 Å². The average Bonchev–Trinajstić information content (AvgIpc) is 3.56. The summed E-state index contributed by atoms with van der Waals surface area (Å²) < 4.78 is 6.83. The Morgan fingerprint density at radius 1 is 0.446 bits per heavy atom. The third kappa shape index (κ3) is 6.82. The molecular formula is C52H68OSi3. The molecule has 0 saturated heterocycles. The maximum absolute atomic E-state index is 6.83. The highest BCUT2D eigenvalue weighted by molar-refractivity contribution is 6.91. The summed E-state index contributed by atoms with van der Waals surface area (Å²) in [5.74, 6) is 8.08. The van der Waals surface area contributed by atoms with Crippen molar-refractivity contribution in [2.75, 3.05) is 0 Å². The summed E-state index contributed by atoms with van der Waals surface area (Å²) in [7, 11) is -5.76. The van der Waals surface area contributed by atoms with E-state index in [1.54, 1.807) is 0 Å². The third-order valence-corrected chi connectivity index (χ3v) is 32.6. The van der Waals surface area contributed by atoms with Gasteiger partial charge in [-0.2, -0.15) is 0 Å². The molecule has 1 nitrogen and oxygen atoms in total. The number of benzene rings is 5. The first-order valence-electron chi connectivity index (χ1n) is 21.9. The molecule has 56 heavy (non-hydrogen) atoms. The molecule has 0 bridgehead atoms. The normalized spacial score (nSPS) is 13.1. The molecule has 0 radical (unpaired) electrons. The van der Waals surface area contributed by atoms with Gasteiger partial charge in [0.25, 0.3) is 0 Å². The minimum atomic E-state index is -2.04. The van der Waals surface area contributed by atoms with Crippen molar-refractivity contribution in [3.63, 3.8) is 0 Å². The number of hydrogen-bond donors (Lipinski definition) is 0. The number of hydrogen-bond acceptors (Lipinski definition) is 1. The van der Waals surface area contributed by atoms with E-state index in [0.29, 0.717) is 33.2 Å². The average molecular weight is 793 g/mol.